The van der Waals surface area contributed by atoms with Gasteiger partial charge < -0.3 is 14.8 Å². The zero-order valence-corrected chi connectivity index (χ0v) is 11.3. The average molecular weight is 285 g/mol. The molecule has 0 aromatic heterocycles. The quantitative estimate of drug-likeness (QED) is 0.878. The minimum atomic E-state index is -3.02. The number of sulfone groups is 1. The van der Waals surface area contributed by atoms with Crippen LogP contribution in [0.3, 0.4) is 0 Å². The van der Waals surface area contributed by atoms with Crippen LogP contribution >= 0.6 is 0 Å². The summed E-state index contributed by atoms with van der Waals surface area (Å²) < 4.78 is 32.2. The third-order valence-electron chi connectivity index (χ3n) is 2.58. The number of nitrogens with one attached hydrogen (secondary N) is 1. The molecule has 7 heteroatoms. The summed E-state index contributed by atoms with van der Waals surface area (Å²) in [5.74, 6) is 1.04. The maximum Gasteiger partial charge on any atom is 0.231 e. The summed E-state index contributed by atoms with van der Waals surface area (Å²) in [5.41, 5.74) is 0.605. The van der Waals surface area contributed by atoms with E-state index in [1.54, 1.807) is 18.2 Å². The number of hydrogen-bond acceptors (Lipinski definition) is 5. The molecule has 0 radical (unpaired) electrons. The second kappa shape index (κ2) is 5.48. The minimum absolute atomic E-state index is 0.0154. The Kier molecular flexibility index (Phi) is 3.94. The highest BCUT2D eigenvalue weighted by molar-refractivity contribution is 7.90. The number of carbonyl (C=O) groups excluding carboxylic acids is 1. The van der Waals surface area contributed by atoms with Gasteiger partial charge in [-0.3, -0.25) is 4.79 Å². The molecule has 6 nitrogen and oxygen atoms in total. The van der Waals surface area contributed by atoms with Gasteiger partial charge in [0.05, 0.1) is 5.75 Å². The van der Waals surface area contributed by atoms with Crippen LogP contribution in [0.4, 0.5) is 5.69 Å². The molecule has 2 rings (SSSR count). The molecule has 0 aliphatic carbocycles. The lowest BCUT2D eigenvalue weighted by atomic mass is 10.2. The number of fused-ring (bicyclic) bond motifs is 1. The van der Waals surface area contributed by atoms with E-state index < -0.39 is 9.84 Å². The molecule has 0 saturated heterocycles. The van der Waals surface area contributed by atoms with Gasteiger partial charge in [-0.05, 0) is 18.6 Å². The van der Waals surface area contributed by atoms with Crippen LogP contribution in [0.1, 0.15) is 12.8 Å². The third kappa shape index (κ3) is 4.13. The summed E-state index contributed by atoms with van der Waals surface area (Å²) in [6.45, 7) is 0.182. The van der Waals surface area contributed by atoms with Gasteiger partial charge in [0.1, 0.15) is 9.84 Å². The molecule has 1 amide bonds. The molecule has 0 saturated carbocycles. The van der Waals surface area contributed by atoms with E-state index in [-0.39, 0.29) is 24.9 Å². The van der Waals surface area contributed by atoms with Crippen LogP contribution in [0.2, 0.25) is 0 Å². The van der Waals surface area contributed by atoms with E-state index in [4.69, 9.17) is 9.47 Å². The average Bonchev–Trinajstić information content (AvgIpc) is 2.74. The van der Waals surface area contributed by atoms with Gasteiger partial charge in [-0.15, -0.1) is 0 Å². The molecule has 0 bridgehead atoms. The van der Waals surface area contributed by atoms with Gasteiger partial charge in [0.2, 0.25) is 12.7 Å². The first-order chi connectivity index (χ1) is 8.94. The highest BCUT2D eigenvalue weighted by Gasteiger charge is 2.14. The molecular weight excluding hydrogens is 270 g/mol. The predicted molar refractivity (Wildman–Crippen MR) is 70.1 cm³/mol. The lowest BCUT2D eigenvalue weighted by molar-refractivity contribution is -0.116. The van der Waals surface area contributed by atoms with Crippen molar-refractivity contribution < 1.29 is 22.7 Å². The van der Waals surface area contributed by atoms with Gasteiger partial charge in [-0.1, -0.05) is 0 Å². The fourth-order valence-electron chi connectivity index (χ4n) is 1.69. The topological polar surface area (TPSA) is 81.7 Å². The Bertz CT molecular complexity index is 582. The van der Waals surface area contributed by atoms with Crippen molar-refractivity contribution >= 4 is 21.4 Å². The molecule has 1 heterocycles. The molecule has 0 spiro atoms. The van der Waals surface area contributed by atoms with E-state index in [1.807, 2.05) is 0 Å². The van der Waals surface area contributed by atoms with Crippen molar-refractivity contribution in [3.05, 3.63) is 18.2 Å². The Hall–Kier alpha value is -1.76. The first kappa shape index (κ1) is 13.7. The summed E-state index contributed by atoms with van der Waals surface area (Å²) in [6, 6.07) is 5.10. The number of carbonyl (C=O) groups is 1. The lowest BCUT2D eigenvalue weighted by Gasteiger charge is -2.05. The fourth-order valence-corrected chi connectivity index (χ4v) is 2.36. The van der Waals surface area contributed by atoms with Crippen molar-refractivity contribution in [3.63, 3.8) is 0 Å². The lowest BCUT2D eigenvalue weighted by Crippen LogP contribution is -2.13. The van der Waals surface area contributed by atoms with E-state index in [0.29, 0.717) is 23.6 Å². The van der Waals surface area contributed by atoms with Crippen molar-refractivity contribution in [1.29, 1.82) is 0 Å². The highest BCUT2D eigenvalue weighted by atomic mass is 32.2. The van der Waals surface area contributed by atoms with Gasteiger partial charge in [-0.2, -0.15) is 0 Å². The first-order valence-electron chi connectivity index (χ1n) is 5.81. The second-order valence-electron chi connectivity index (χ2n) is 4.35. The highest BCUT2D eigenvalue weighted by Crippen LogP contribution is 2.34. The Morgan fingerprint density at radius 1 is 1.32 bits per heavy atom. The minimum Gasteiger partial charge on any atom is -0.454 e. The molecule has 1 aromatic carbocycles. The Morgan fingerprint density at radius 2 is 2.05 bits per heavy atom. The molecule has 1 aromatic rings. The smallest absolute Gasteiger partial charge is 0.231 e. The molecule has 0 fully saturated rings. The molecular formula is C12H15NO5S. The molecule has 1 N–H and O–H groups in total. The molecule has 19 heavy (non-hydrogen) atoms. The molecule has 104 valence electrons. The zero-order valence-electron chi connectivity index (χ0n) is 10.5. The van der Waals surface area contributed by atoms with Crippen LogP contribution < -0.4 is 14.8 Å². The largest absolute Gasteiger partial charge is 0.454 e. The number of benzene rings is 1. The van der Waals surface area contributed by atoms with Crippen molar-refractivity contribution in [2.75, 3.05) is 24.1 Å². The molecule has 1 aliphatic rings. The fraction of sp³-hybridized carbons (Fsp3) is 0.417. The van der Waals surface area contributed by atoms with Crippen molar-refractivity contribution in [2.24, 2.45) is 0 Å². The first-order valence-corrected chi connectivity index (χ1v) is 7.87. The monoisotopic (exact) mass is 285 g/mol. The van der Waals surface area contributed by atoms with Gasteiger partial charge in [0.25, 0.3) is 0 Å². The third-order valence-corrected chi connectivity index (χ3v) is 3.61. The number of ether oxygens (including phenoxy) is 2. The summed E-state index contributed by atoms with van der Waals surface area (Å²) in [4.78, 5) is 11.6. The number of rotatable bonds is 5. The van der Waals surface area contributed by atoms with E-state index in [1.165, 1.54) is 0 Å². The molecule has 0 atom stereocenters. The second-order valence-corrected chi connectivity index (χ2v) is 6.61. The van der Waals surface area contributed by atoms with E-state index in [0.717, 1.165) is 6.26 Å². The van der Waals surface area contributed by atoms with Gasteiger partial charge in [0, 0.05) is 24.4 Å². The Balaban J connectivity index is 1.85. The van der Waals surface area contributed by atoms with Gasteiger partial charge >= 0.3 is 0 Å². The van der Waals surface area contributed by atoms with Crippen molar-refractivity contribution in [2.45, 2.75) is 12.8 Å². The Morgan fingerprint density at radius 3 is 2.79 bits per heavy atom. The summed E-state index contributed by atoms with van der Waals surface area (Å²) in [7, 11) is -3.02. The summed E-state index contributed by atoms with van der Waals surface area (Å²) in [6.07, 6.45) is 1.64. The summed E-state index contributed by atoms with van der Waals surface area (Å²) in [5, 5.41) is 2.69. The zero-order chi connectivity index (χ0) is 13.9. The van der Waals surface area contributed by atoms with Crippen LogP contribution in [0.15, 0.2) is 18.2 Å². The van der Waals surface area contributed by atoms with Crippen LogP contribution in [0.25, 0.3) is 0 Å². The van der Waals surface area contributed by atoms with E-state index >= 15 is 0 Å². The van der Waals surface area contributed by atoms with Gasteiger partial charge in [0.15, 0.2) is 11.5 Å². The maximum absolute atomic E-state index is 11.6. The van der Waals surface area contributed by atoms with Crippen LogP contribution in [0.5, 0.6) is 11.5 Å². The van der Waals surface area contributed by atoms with E-state index in [2.05, 4.69) is 5.32 Å². The standard InChI is InChI=1S/C12H15NO5S/c1-19(15,16)6-2-3-12(14)13-9-4-5-10-11(7-9)18-8-17-10/h4-5,7H,2-3,6,8H2,1H3,(H,13,14). The molecule has 1 aliphatic heterocycles. The van der Waals surface area contributed by atoms with E-state index in [9.17, 15) is 13.2 Å². The van der Waals surface area contributed by atoms with Crippen LogP contribution in [-0.4, -0.2) is 33.1 Å². The molecule has 0 unspecified atom stereocenters. The SMILES string of the molecule is CS(=O)(=O)CCCC(=O)Nc1ccc2c(c1)OCO2. The van der Waals surface area contributed by atoms with Crippen LogP contribution in [-0.2, 0) is 14.6 Å². The van der Waals surface area contributed by atoms with Gasteiger partial charge in [-0.25, -0.2) is 8.42 Å². The van der Waals surface area contributed by atoms with Crippen molar-refractivity contribution in [3.8, 4) is 11.5 Å². The number of anilines is 1. The predicted octanol–water partition coefficient (Wildman–Crippen LogP) is 1.18. The van der Waals surface area contributed by atoms with Crippen LogP contribution in [0, 0.1) is 0 Å². The Labute approximate surface area is 111 Å². The normalized spacial score (nSPS) is 13.3. The number of amides is 1. The van der Waals surface area contributed by atoms with Crippen molar-refractivity contribution in [1.82, 2.24) is 0 Å². The number of hydrogen-bond donors (Lipinski definition) is 1. The summed E-state index contributed by atoms with van der Waals surface area (Å²) >= 11 is 0. The maximum atomic E-state index is 11.6.